The van der Waals surface area contributed by atoms with E-state index in [0.29, 0.717) is 6.42 Å². The van der Waals surface area contributed by atoms with E-state index < -0.39 is 42.4 Å². The first-order chi connectivity index (χ1) is 10.2. The third-order valence-corrected chi connectivity index (χ3v) is 6.31. The first-order valence-electron chi connectivity index (χ1n) is 6.41. The van der Waals surface area contributed by atoms with Crippen LogP contribution in [0.15, 0.2) is 34.1 Å². The highest BCUT2D eigenvalue weighted by atomic mass is 32.2. The molecule has 0 saturated heterocycles. The van der Waals surface area contributed by atoms with E-state index in [1.165, 1.54) is 19.2 Å². The van der Waals surface area contributed by atoms with Gasteiger partial charge in [-0.2, -0.15) is 4.31 Å². The molecule has 8 nitrogen and oxygen atoms in total. The second kappa shape index (κ2) is 7.18. The molecule has 0 aliphatic carbocycles. The minimum absolute atomic E-state index is 0.0252. The SMILES string of the molecule is CCCN(CC(=O)O)S(=O)(=O)c1ccccc1S(=O)(=O)NC. The Labute approximate surface area is 129 Å². The van der Waals surface area contributed by atoms with E-state index >= 15 is 0 Å². The van der Waals surface area contributed by atoms with Crippen molar-refractivity contribution in [1.29, 1.82) is 0 Å². The Morgan fingerprint density at radius 2 is 1.73 bits per heavy atom. The third-order valence-electron chi connectivity index (χ3n) is 2.81. The van der Waals surface area contributed by atoms with E-state index in [9.17, 15) is 21.6 Å². The molecule has 0 fully saturated rings. The number of sulfonamides is 2. The molecule has 0 unspecified atom stereocenters. The summed E-state index contributed by atoms with van der Waals surface area (Å²) in [5.41, 5.74) is 0. The number of carbonyl (C=O) groups is 1. The third kappa shape index (κ3) is 4.03. The van der Waals surface area contributed by atoms with Crippen molar-refractivity contribution in [3.8, 4) is 0 Å². The Bertz CT molecular complexity index is 743. The molecular formula is C12H18N2O6S2. The number of rotatable bonds is 8. The van der Waals surface area contributed by atoms with Crippen LogP contribution in [0.4, 0.5) is 0 Å². The van der Waals surface area contributed by atoms with Gasteiger partial charge in [0.15, 0.2) is 0 Å². The van der Waals surface area contributed by atoms with Gasteiger partial charge in [0, 0.05) is 6.54 Å². The highest BCUT2D eigenvalue weighted by Gasteiger charge is 2.31. The zero-order valence-electron chi connectivity index (χ0n) is 12.2. The number of nitrogens with zero attached hydrogens (tertiary/aromatic N) is 1. The topological polar surface area (TPSA) is 121 Å². The summed E-state index contributed by atoms with van der Waals surface area (Å²) < 4.78 is 51.9. The summed E-state index contributed by atoms with van der Waals surface area (Å²) in [5.74, 6) is -1.31. The maximum Gasteiger partial charge on any atom is 0.318 e. The van der Waals surface area contributed by atoms with Gasteiger partial charge in [-0.3, -0.25) is 4.79 Å². The number of hydrogen-bond acceptors (Lipinski definition) is 5. The summed E-state index contributed by atoms with van der Waals surface area (Å²) in [7, 11) is -7.07. The smallest absolute Gasteiger partial charge is 0.318 e. The van der Waals surface area contributed by atoms with E-state index in [4.69, 9.17) is 5.11 Å². The summed E-state index contributed by atoms with van der Waals surface area (Å²) in [6.45, 7) is 0.938. The Morgan fingerprint density at radius 1 is 1.18 bits per heavy atom. The van der Waals surface area contributed by atoms with Crippen molar-refractivity contribution in [3.63, 3.8) is 0 Å². The molecule has 124 valence electrons. The number of nitrogens with one attached hydrogen (secondary N) is 1. The van der Waals surface area contributed by atoms with Crippen molar-refractivity contribution in [2.24, 2.45) is 0 Å². The lowest BCUT2D eigenvalue weighted by Crippen LogP contribution is -2.37. The molecule has 0 aliphatic rings. The largest absolute Gasteiger partial charge is 0.480 e. The van der Waals surface area contributed by atoms with Crippen LogP contribution >= 0.6 is 0 Å². The number of hydrogen-bond donors (Lipinski definition) is 2. The Kier molecular flexibility index (Phi) is 6.06. The van der Waals surface area contributed by atoms with Gasteiger partial charge in [-0.25, -0.2) is 21.6 Å². The van der Waals surface area contributed by atoms with Crippen molar-refractivity contribution in [2.75, 3.05) is 20.1 Å². The quantitative estimate of drug-likeness (QED) is 0.685. The molecule has 1 aromatic rings. The Morgan fingerprint density at radius 3 is 2.18 bits per heavy atom. The van der Waals surface area contributed by atoms with E-state index in [2.05, 4.69) is 4.72 Å². The van der Waals surface area contributed by atoms with Crippen LogP contribution < -0.4 is 4.72 Å². The van der Waals surface area contributed by atoms with Crippen LogP contribution in [0.5, 0.6) is 0 Å². The average Bonchev–Trinajstić information content (AvgIpc) is 2.46. The van der Waals surface area contributed by atoms with Crippen LogP contribution in [-0.4, -0.2) is 52.4 Å². The van der Waals surface area contributed by atoms with Crippen molar-refractivity contribution in [2.45, 2.75) is 23.1 Å². The number of benzene rings is 1. The summed E-state index contributed by atoms with van der Waals surface area (Å²) >= 11 is 0. The van der Waals surface area contributed by atoms with E-state index in [-0.39, 0.29) is 6.54 Å². The molecular weight excluding hydrogens is 332 g/mol. The predicted molar refractivity (Wildman–Crippen MR) is 79.4 cm³/mol. The van der Waals surface area contributed by atoms with Crippen LogP contribution in [0.3, 0.4) is 0 Å². The molecule has 0 heterocycles. The lowest BCUT2D eigenvalue weighted by Gasteiger charge is -2.21. The van der Waals surface area contributed by atoms with Gasteiger partial charge in [-0.15, -0.1) is 0 Å². The molecule has 10 heteroatoms. The molecule has 0 spiro atoms. The minimum atomic E-state index is -4.25. The fraction of sp³-hybridized carbons (Fsp3) is 0.417. The van der Waals surface area contributed by atoms with Crippen molar-refractivity contribution in [1.82, 2.24) is 9.03 Å². The van der Waals surface area contributed by atoms with Crippen LogP contribution in [0.1, 0.15) is 13.3 Å². The van der Waals surface area contributed by atoms with Gasteiger partial charge in [-0.05, 0) is 25.6 Å². The molecule has 0 aliphatic heterocycles. The van der Waals surface area contributed by atoms with Crippen LogP contribution in [0, 0.1) is 0 Å². The molecule has 1 aromatic carbocycles. The van der Waals surface area contributed by atoms with Gasteiger partial charge in [0.25, 0.3) is 0 Å². The van der Waals surface area contributed by atoms with Gasteiger partial charge in [0.05, 0.1) is 0 Å². The van der Waals surface area contributed by atoms with Gasteiger partial charge in [-0.1, -0.05) is 19.1 Å². The van der Waals surface area contributed by atoms with Gasteiger partial charge in [0.1, 0.15) is 16.3 Å². The van der Waals surface area contributed by atoms with Crippen molar-refractivity contribution < 1.29 is 26.7 Å². The number of carboxylic acids is 1. The zero-order chi connectivity index (χ0) is 17.0. The van der Waals surface area contributed by atoms with Gasteiger partial charge >= 0.3 is 5.97 Å². The summed E-state index contributed by atoms with van der Waals surface area (Å²) in [6.07, 6.45) is 0.396. The number of carboxylic acid groups (broad SMARTS) is 1. The summed E-state index contributed by atoms with van der Waals surface area (Å²) in [6, 6.07) is 5.07. The first kappa shape index (κ1) is 18.6. The first-order valence-corrected chi connectivity index (χ1v) is 9.33. The van der Waals surface area contributed by atoms with Crippen LogP contribution in [0.25, 0.3) is 0 Å². The average molecular weight is 350 g/mol. The van der Waals surface area contributed by atoms with Crippen molar-refractivity contribution >= 4 is 26.0 Å². The molecule has 0 atom stereocenters. The zero-order valence-corrected chi connectivity index (χ0v) is 13.8. The van der Waals surface area contributed by atoms with Gasteiger partial charge < -0.3 is 5.11 Å². The van der Waals surface area contributed by atoms with E-state index in [0.717, 1.165) is 16.4 Å². The molecule has 0 radical (unpaired) electrons. The fourth-order valence-corrected chi connectivity index (χ4v) is 4.83. The molecule has 0 bridgehead atoms. The predicted octanol–water partition coefficient (Wildman–Crippen LogP) is 0.0800. The summed E-state index contributed by atoms with van der Waals surface area (Å²) in [5, 5.41) is 8.86. The highest BCUT2D eigenvalue weighted by molar-refractivity contribution is 7.92. The minimum Gasteiger partial charge on any atom is -0.480 e. The monoisotopic (exact) mass is 350 g/mol. The standard InChI is InChI=1S/C12H18N2O6S2/c1-3-8-14(9-12(15)16)22(19,20)11-7-5-4-6-10(11)21(17,18)13-2/h4-7,13H,3,8-9H2,1-2H3,(H,15,16). The Balaban J connectivity index is 3.48. The maximum absolute atomic E-state index is 12.6. The molecule has 22 heavy (non-hydrogen) atoms. The van der Waals surface area contributed by atoms with Crippen LogP contribution in [0.2, 0.25) is 0 Å². The molecule has 2 N–H and O–H groups in total. The summed E-state index contributed by atoms with van der Waals surface area (Å²) in [4.78, 5) is 10.0. The Hall–Kier alpha value is -1.49. The van der Waals surface area contributed by atoms with E-state index in [1.807, 2.05) is 0 Å². The van der Waals surface area contributed by atoms with Crippen LogP contribution in [-0.2, 0) is 24.8 Å². The lowest BCUT2D eigenvalue weighted by molar-refractivity contribution is -0.137. The highest BCUT2D eigenvalue weighted by Crippen LogP contribution is 2.24. The molecule has 0 saturated carbocycles. The fourth-order valence-electron chi connectivity index (χ4n) is 1.82. The second-order valence-electron chi connectivity index (χ2n) is 4.39. The van der Waals surface area contributed by atoms with E-state index in [1.54, 1.807) is 6.92 Å². The second-order valence-corrected chi connectivity index (χ2v) is 8.15. The van der Waals surface area contributed by atoms with Gasteiger partial charge in [0.2, 0.25) is 20.0 Å². The molecule has 1 rings (SSSR count). The normalized spacial score (nSPS) is 12.5. The van der Waals surface area contributed by atoms with Crippen molar-refractivity contribution in [3.05, 3.63) is 24.3 Å². The molecule has 0 amide bonds. The lowest BCUT2D eigenvalue weighted by atomic mass is 10.4. The number of aliphatic carboxylic acids is 1. The maximum atomic E-state index is 12.6. The molecule has 0 aromatic heterocycles.